The number of nitrogens with zero attached hydrogens (tertiary/aromatic N) is 1. The summed E-state index contributed by atoms with van der Waals surface area (Å²) in [5, 5.41) is 1.95. The summed E-state index contributed by atoms with van der Waals surface area (Å²) in [6.07, 6.45) is 0.846. The fraction of sp³-hybridized carbons (Fsp3) is 0.211. The fourth-order valence-corrected chi connectivity index (χ4v) is 3.45. The van der Waals surface area contributed by atoms with E-state index in [4.69, 9.17) is 11.6 Å². The van der Waals surface area contributed by atoms with Gasteiger partial charge in [0.15, 0.2) is 0 Å². The highest BCUT2D eigenvalue weighted by Crippen LogP contribution is 2.31. The summed E-state index contributed by atoms with van der Waals surface area (Å²) in [5.41, 5.74) is 5.30. The summed E-state index contributed by atoms with van der Waals surface area (Å²) in [4.78, 5) is 18.1. The van der Waals surface area contributed by atoms with E-state index in [0.717, 1.165) is 34.6 Å². The summed E-state index contributed by atoms with van der Waals surface area (Å²) in [5.74, 6) is 0.0938. The highest BCUT2D eigenvalue weighted by molar-refractivity contribution is 6.32. The number of aromatic amines is 1. The molecule has 2 aromatic carbocycles. The third kappa shape index (κ3) is 2.41. The third-order valence-electron chi connectivity index (χ3n) is 4.56. The van der Waals surface area contributed by atoms with Gasteiger partial charge in [0.2, 0.25) is 0 Å². The van der Waals surface area contributed by atoms with Crippen LogP contribution < -0.4 is 0 Å². The molecule has 0 bridgehead atoms. The molecule has 3 aromatic rings. The van der Waals surface area contributed by atoms with Gasteiger partial charge in [-0.1, -0.05) is 29.8 Å². The normalized spacial score (nSPS) is 14.1. The number of amides is 1. The molecule has 1 aliphatic heterocycles. The summed E-state index contributed by atoms with van der Waals surface area (Å²) >= 11 is 6.23. The maximum atomic E-state index is 12.7. The molecule has 4 heteroatoms. The van der Waals surface area contributed by atoms with Gasteiger partial charge in [-0.2, -0.15) is 0 Å². The third-order valence-corrected chi connectivity index (χ3v) is 4.97. The number of H-pyrrole nitrogens is 1. The molecule has 0 aliphatic carbocycles. The van der Waals surface area contributed by atoms with E-state index < -0.39 is 0 Å². The molecule has 4 rings (SSSR count). The number of hydrogen-bond donors (Lipinski definition) is 1. The Kier molecular flexibility index (Phi) is 3.38. The molecule has 1 amide bonds. The van der Waals surface area contributed by atoms with Gasteiger partial charge in [-0.25, -0.2) is 0 Å². The summed E-state index contributed by atoms with van der Waals surface area (Å²) in [6, 6.07) is 13.6. The van der Waals surface area contributed by atoms with Crippen molar-refractivity contribution in [1.29, 1.82) is 0 Å². The molecule has 1 aromatic heterocycles. The molecule has 0 atom stereocenters. The molecule has 0 unspecified atom stereocenters. The van der Waals surface area contributed by atoms with Gasteiger partial charge in [-0.3, -0.25) is 4.79 Å². The van der Waals surface area contributed by atoms with Gasteiger partial charge in [0, 0.05) is 52.3 Å². The molecule has 3 nitrogen and oxygen atoms in total. The first-order valence-electron chi connectivity index (χ1n) is 7.77. The average molecular weight is 325 g/mol. The number of nitrogens with one attached hydrogen (secondary N) is 1. The Hall–Kier alpha value is -2.26. The topological polar surface area (TPSA) is 36.1 Å². The molecule has 1 N–H and O–H groups in total. The van der Waals surface area contributed by atoms with Crippen LogP contribution in [0.25, 0.3) is 10.9 Å². The van der Waals surface area contributed by atoms with Crippen molar-refractivity contribution in [2.75, 3.05) is 6.54 Å². The number of aryl methyl sites for hydroxylation is 1. The van der Waals surface area contributed by atoms with Crippen LogP contribution in [0.2, 0.25) is 5.02 Å². The van der Waals surface area contributed by atoms with Crippen LogP contribution in [-0.2, 0) is 13.0 Å². The molecule has 0 saturated heterocycles. The van der Waals surface area contributed by atoms with Crippen LogP contribution in [0.3, 0.4) is 0 Å². The number of halogens is 1. The standard InChI is InChI=1S/C19H17ClN2O/c1-12-9-14-15-11-22(19(23)13-5-3-2-4-6-13)8-7-17(15)21-18(14)10-16(12)20/h2-6,9-10,21H,7-8,11H2,1H3. The Balaban J connectivity index is 1.71. The van der Waals surface area contributed by atoms with E-state index in [0.29, 0.717) is 6.54 Å². The number of fused-ring (bicyclic) bond motifs is 3. The highest BCUT2D eigenvalue weighted by atomic mass is 35.5. The van der Waals surface area contributed by atoms with Crippen LogP contribution in [0.15, 0.2) is 42.5 Å². The maximum absolute atomic E-state index is 12.7. The lowest BCUT2D eigenvalue weighted by atomic mass is 10.0. The molecule has 0 radical (unpaired) electrons. The minimum atomic E-state index is 0.0938. The Morgan fingerprint density at radius 3 is 2.78 bits per heavy atom. The monoisotopic (exact) mass is 324 g/mol. The fourth-order valence-electron chi connectivity index (χ4n) is 3.28. The zero-order valence-corrected chi connectivity index (χ0v) is 13.7. The number of hydrogen-bond acceptors (Lipinski definition) is 1. The molecule has 0 saturated carbocycles. The summed E-state index contributed by atoms with van der Waals surface area (Å²) in [7, 11) is 0. The van der Waals surface area contributed by atoms with Crippen LogP contribution >= 0.6 is 11.6 Å². The zero-order valence-electron chi connectivity index (χ0n) is 12.9. The van der Waals surface area contributed by atoms with Crippen molar-refractivity contribution in [2.24, 2.45) is 0 Å². The Morgan fingerprint density at radius 1 is 1.22 bits per heavy atom. The highest BCUT2D eigenvalue weighted by Gasteiger charge is 2.25. The minimum absolute atomic E-state index is 0.0938. The van der Waals surface area contributed by atoms with Crippen molar-refractivity contribution in [3.05, 3.63) is 69.9 Å². The number of rotatable bonds is 1. The average Bonchev–Trinajstić information content (AvgIpc) is 2.92. The quantitative estimate of drug-likeness (QED) is 0.710. The van der Waals surface area contributed by atoms with E-state index in [1.54, 1.807) is 0 Å². The van der Waals surface area contributed by atoms with Gasteiger partial charge >= 0.3 is 0 Å². The predicted molar refractivity (Wildman–Crippen MR) is 92.9 cm³/mol. The lowest BCUT2D eigenvalue weighted by Crippen LogP contribution is -2.35. The molecule has 116 valence electrons. The van der Waals surface area contributed by atoms with Crippen molar-refractivity contribution in [3.8, 4) is 0 Å². The molecular weight excluding hydrogens is 308 g/mol. The van der Waals surface area contributed by atoms with Crippen LogP contribution in [0, 0.1) is 6.92 Å². The van der Waals surface area contributed by atoms with E-state index in [1.165, 1.54) is 16.6 Å². The number of aromatic nitrogens is 1. The first kappa shape index (κ1) is 14.3. The van der Waals surface area contributed by atoms with E-state index >= 15 is 0 Å². The second-order valence-corrected chi connectivity index (χ2v) is 6.48. The second kappa shape index (κ2) is 5.43. The van der Waals surface area contributed by atoms with Crippen molar-refractivity contribution in [2.45, 2.75) is 19.9 Å². The summed E-state index contributed by atoms with van der Waals surface area (Å²) in [6.45, 7) is 3.39. The van der Waals surface area contributed by atoms with Gasteiger partial charge in [-0.05, 0) is 36.8 Å². The minimum Gasteiger partial charge on any atom is -0.358 e. The van der Waals surface area contributed by atoms with Crippen LogP contribution in [0.5, 0.6) is 0 Å². The van der Waals surface area contributed by atoms with Crippen molar-refractivity contribution in [1.82, 2.24) is 9.88 Å². The molecule has 2 heterocycles. The Morgan fingerprint density at radius 2 is 2.00 bits per heavy atom. The van der Waals surface area contributed by atoms with Crippen LogP contribution in [0.1, 0.15) is 27.2 Å². The van der Waals surface area contributed by atoms with Gasteiger partial charge in [-0.15, -0.1) is 0 Å². The largest absolute Gasteiger partial charge is 0.358 e. The maximum Gasteiger partial charge on any atom is 0.254 e. The lowest BCUT2D eigenvalue weighted by Gasteiger charge is -2.27. The Bertz CT molecular complexity index is 899. The van der Waals surface area contributed by atoms with Crippen molar-refractivity contribution < 1.29 is 4.79 Å². The Labute approximate surface area is 139 Å². The van der Waals surface area contributed by atoms with E-state index in [9.17, 15) is 4.79 Å². The molecule has 0 fully saturated rings. The van der Waals surface area contributed by atoms with Crippen LogP contribution in [-0.4, -0.2) is 22.3 Å². The second-order valence-electron chi connectivity index (χ2n) is 6.07. The molecular formula is C19H17ClN2O. The summed E-state index contributed by atoms with van der Waals surface area (Å²) < 4.78 is 0. The van der Waals surface area contributed by atoms with Crippen molar-refractivity contribution in [3.63, 3.8) is 0 Å². The number of carbonyl (C=O) groups excluding carboxylic acids is 1. The SMILES string of the molecule is Cc1cc2c3c([nH]c2cc1Cl)CCN(C(=O)c1ccccc1)C3. The first-order valence-corrected chi connectivity index (χ1v) is 8.15. The van der Waals surface area contributed by atoms with Gasteiger partial charge in [0.25, 0.3) is 5.91 Å². The van der Waals surface area contributed by atoms with E-state index in [2.05, 4.69) is 11.1 Å². The van der Waals surface area contributed by atoms with Gasteiger partial charge in [0.05, 0.1) is 0 Å². The van der Waals surface area contributed by atoms with Gasteiger partial charge < -0.3 is 9.88 Å². The molecule has 23 heavy (non-hydrogen) atoms. The lowest BCUT2D eigenvalue weighted by molar-refractivity contribution is 0.0735. The van der Waals surface area contributed by atoms with E-state index in [1.807, 2.05) is 48.2 Å². The smallest absolute Gasteiger partial charge is 0.254 e. The number of benzene rings is 2. The molecule has 0 spiro atoms. The van der Waals surface area contributed by atoms with Crippen LogP contribution in [0.4, 0.5) is 0 Å². The first-order chi connectivity index (χ1) is 11.1. The zero-order chi connectivity index (χ0) is 16.0. The van der Waals surface area contributed by atoms with E-state index in [-0.39, 0.29) is 5.91 Å². The molecule has 1 aliphatic rings. The number of carbonyl (C=O) groups is 1. The predicted octanol–water partition coefficient (Wildman–Crippen LogP) is 4.33. The van der Waals surface area contributed by atoms with Crippen molar-refractivity contribution >= 4 is 28.4 Å². The van der Waals surface area contributed by atoms with Gasteiger partial charge in [0.1, 0.15) is 0 Å².